The van der Waals surface area contributed by atoms with Gasteiger partial charge in [0.25, 0.3) is 0 Å². The second-order valence-corrected chi connectivity index (χ2v) is 9.42. The molecule has 5 heteroatoms. The van der Waals surface area contributed by atoms with Gasteiger partial charge in [-0.05, 0) is 68.6 Å². The normalized spacial score (nSPS) is 21.2. The number of benzene rings is 1. The minimum absolute atomic E-state index is 0.124. The van der Waals surface area contributed by atoms with Crippen molar-refractivity contribution in [2.75, 3.05) is 19.6 Å². The molecule has 0 spiro atoms. The molecule has 2 aromatic heterocycles. The molecule has 0 radical (unpaired) electrons. The summed E-state index contributed by atoms with van der Waals surface area (Å²) in [4.78, 5) is 20.4. The Morgan fingerprint density at radius 1 is 1.12 bits per heavy atom. The predicted molar refractivity (Wildman–Crippen MR) is 123 cm³/mol. The van der Waals surface area contributed by atoms with E-state index in [4.69, 9.17) is 4.42 Å². The molecule has 3 aromatic rings. The van der Waals surface area contributed by atoms with E-state index in [9.17, 15) is 9.18 Å². The zero-order chi connectivity index (χ0) is 21.9. The van der Waals surface area contributed by atoms with E-state index >= 15 is 0 Å². The molecule has 3 heterocycles. The van der Waals surface area contributed by atoms with Gasteiger partial charge in [-0.25, -0.2) is 4.39 Å². The van der Waals surface area contributed by atoms with Crippen LogP contribution in [0.3, 0.4) is 0 Å². The summed E-state index contributed by atoms with van der Waals surface area (Å²) in [6.45, 7) is 2.77. The summed E-state index contributed by atoms with van der Waals surface area (Å²) < 4.78 is 19.7. The first-order valence-electron chi connectivity index (χ1n) is 12.0. The molecule has 168 valence electrons. The molecule has 5 rings (SSSR count). The monoisotopic (exact) mass is 434 g/mol. The smallest absolute Gasteiger partial charge is 0.145 e. The van der Waals surface area contributed by atoms with E-state index in [1.165, 1.54) is 6.42 Å². The Balaban J connectivity index is 1.27. The molecule has 1 aromatic carbocycles. The maximum absolute atomic E-state index is 14.1. The van der Waals surface area contributed by atoms with Crippen LogP contribution in [0.15, 0.2) is 53.3 Å². The number of halogens is 1. The van der Waals surface area contributed by atoms with Crippen LogP contribution in [0, 0.1) is 11.7 Å². The predicted octanol–water partition coefficient (Wildman–Crippen LogP) is 6.08. The fourth-order valence-electron chi connectivity index (χ4n) is 5.66. The molecular formula is C27H31FN2O2. The summed E-state index contributed by atoms with van der Waals surface area (Å²) in [5.41, 5.74) is 2.68. The van der Waals surface area contributed by atoms with E-state index in [0.717, 1.165) is 69.4 Å². The van der Waals surface area contributed by atoms with E-state index < -0.39 is 0 Å². The van der Waals surface area contributed by atoms with Gasteiger partial charge < -0.3 is 9.32 Å². The first-order chi connectivity index (χ1) is 15.7. The third-order valence-electron chi connectivity index (χ3n) is 7.44. The highest BCUT2D eigenvalue weighted by atomic mass is 19.1. The number of pyridine rings is 1. The lowest BCUT2D eigenvalue weighted by atomic mass is 9.79. The zero-order valence-corrected chi connectivity index (χ0v) is 18.5. The van der Waals surface area contributed by atoms with E-state index in [-0.39, 0.29) is 17.7 Å². The van der Waals surface area contributed by atoms with Gasteiger partial charge in [-0.1, -0.05) is 31.4 Å². The number of likely N-dealkylation sites (tertiary alicyclic amines) is 1. The lowest BCUT2D eigenvalue weighted by Gasteiger charge is -2.26. The van der Waals surface area contributed by atoms with Gasteiger partial charge in [0, 0.05) is 24.6 Å². The molecule has 32 heavy (non-hydrogen) atoms. The number of Topliss-reactive ketones (excluding diaryl/α,β-unsaturated/α-hetero) is 1. The van der Waals surface area contributed by atoms with Crippen LogP contribution in [0.4, 0.5) is 4.39 Å². The molecule has 0 bridgehead atoms. The van der Waals surface area contributed by atoms with Crippen LogP contribution in [0.5, 0.6) is 0 Å². The van der Waals surface area contributed by atoms with Gasteiger partial charge in [-0.3, -0.25) is 9.78 Å². The van der Waals surface area contributed by atoms with Crippen LogP contribution in [0.1, 0.15) is 68.0 Å². The SMILES string of the molecule is O=C(C1CCCCC1)C(CCN1CCC(c2ccc(F)c3ccoc23)C1)c1ccccn1. The van der Waals surface area contributed by atoms with Crippen molar-refractivity contribution >= 4 is 16.8 Å². The lowest BCUT2D eigenvalue weighted by Crippen LogP contribution is -2.29. The molecule has 2 fully saturated rings. The Labute approximate surface area is 188 Å². The minimum atomic E-state index is -0.230. The molecule has 0 N–H and O–H groups in total. The topological polar surface area (TPSA) is 46.3 Å². The second-order valence-electron chi connectivity index (χ2n) is 9.42. The van der Waals surface area contributed by atoms with E-state index in [1.54, 1.807) is 24.6 Å². The van der Waals surface area contributed by atoms with Gasteiger partial charge in [0.2, 0.25) is 0 Å². The molecular weight excluding hydrogens is 403 g/mol. The van der Waals surface area contributed by atoms with Crippen molar-refractivity contribution in [3.63, 3.8) is 0 Å². The number of hydrogen-bond acceptors (Lipinski definition) is 4. The summed E-state index contributed by atoms with van der Waals surface area (Å²) in [5.74, 6) is 0.544. The standard InChI is InChI=1S/C27H31FN2O2/c28-24-10-9-21(27-22(24)13-17-32-27)20-11-15-30(18-20)16-12-23(25-8-4-5-14-29-25)26(31)19-6-2-1-3-7-19/h4-5,8-10,13-14,17,19-20,23H,1-3,6-7,11-12,15-16,18H2. The highest BCUT2D eigenvalue weighted by Gasteiger charge is 2.32. The number of rotatable bonds is 7. The van der Waals surface area contributed by atoms with E-state index in [0.29, 0.717) is 22.7 Å². The fraction of sp³-hybridized carbons (Fsp3) is 0.481. The van der Waals surface area contributed by atoms with Gasteiger partial charge in [-0.2, -0.15) is 0 Å². The summed E-state index contributed by atoms with van der Waals surface area (Å²) >= 11 is 0. The Kier molecular flexibility index (Phi) is 6.35. The molecule has 1 aliphatic carbocycles. The first kappa shape index (κ1) is 21.3. The van der Waals surface area contributed by atoms with Crippen LogP contribution in [0.25, 0.3) is 11.0 Å². The van der Waals surface area contributed by atoms with Gasteiger partial charge in [0.1, 0.15) is 17.2 Å². The third-order valence-corrected chi connectivity index (χ3v) is 7.44. The molecule has 1 saturated carbocycles. The number of carbonyl (C=O) groups excluding carboxylic acids is 1. The number of carbonyl (C=O) groups is 1. The number of furan rings is 1. The first-order valence-corrected chi connectivity index (χ1v) is 12.0. The number of hydrogen-bond donors (Lipinski definition) is 0. The van der Waals surface area contributed by atoms with Crippen molar-refractivity contribution in [3.05, 3.63) is 65.9 Å². The minimum Gasteiger partial charge on any atom is -0.464 e. The largest absolute Gasteiger partial charge is 0.464 e. The van der Waals surface area contributed by atoms with Gasteiger partial charge in [0.05, 0.1) is 23.3 Å². The number of nitrogens with zero attached hydrogens (tertiary/aromatic N) is 2. The molecule has 1 aliphatic heterocycles. The van der Waals surface area contributed by atoms with Crippen LogP contribution in [-0.4, -0.2) is 35.3 Å². The van der Waals surface area contributed by atoms with Crippen molar-refractivity contribution in [2.45, 2.75) is 56.8 Å². The van der Waals surface area contributed by atoms with Crippen molar-refractivity contribution in [1.29, 1.82) is 0 Å². The average Bonchev–Trinajstić information content (AvgIpc) is 3.51. The summed E-state index contributed by atoms with van der Waals surface area (Å²) in [6.07, 6.45) is 10.8. The highest BCUT2D eigenvalue weighted by molar-refractivity contribution is 5.87. The number of fused-ring (bicyclic) bond motifs is 1. The van der Waals surface area contributed by atoms with Crippen molar-refractivity contribution in [1.82, 2.24) is 9.88 Å². The van der Waals surface area contributed by atoms with Gasteiger partial charge in [0.15, 0.2) is 0 Å². The molecule has 2 aliphatic rings. The lowest BCUT2D eigenvalue weighted by molar-refractivity contribution is -0.125. The van der Waals surface area contributed by atoms with E-state index in [1.807, 2.05) is 24.3 Å². The van der Waals surface area contributed by atoms with Crippen molar-refractivity contribution in [2.24, 2.45) is 5.92 Å². The Hall–Kier alpha value is -2.53. The second kappa shape index (κ2) is 9.53. The van der Waals surface area contributed by atoms with Crippen LogP contribution in [0.2, 0.25) is 0 Å². The molecule has 0 amide bonds. The quantitative estimate of drug-likeness (QED) is 0.452. The fourth-order valence-corrected chi connectivity index (χ4v) is 5.66. The molecule has 4 nitrogen and oxygen atoms in total. The molecule has 2 unspecified atom stereocenters. The summed E-state index contributed by atoms with van der Waals surface area (Å²) in [6, 6.07) is 11.0. The maximum atomic E-state index is 14.1. The zero-order valence-electron chi connectivity index (χ0n) is 18.5. The van der Waals surface area contributed by atoms with Crippen molar-refractivity contribution < 1.29 is 13.6 Å². The van der Waals surface area contributed by atoms with Crippen LogP contribution < -0.4 is 0 Å². The van der Waals surface area contributed by atoms with Gasteiger partial charge in [-0.15, -0.1) is 0 Å². The maximum Gasteiger partial charge on any atom is 0.145 e. The number of ketones is 1. The molecule has 2 atom stereocenters. The van der Waals surface area contributed by atoms with Crippen LogP contribution in [-0.2, 0) is 4.79 Å². The summed E-state index contributed by atoms with van der Waals surface area (Å²) in [7, 11) is 0. The Morgan fingerprint density at radius 2 is 2.00 bits per heavy atom. The summed E-state index contributed by atoms with van der Waals surface area (Å²) in [5, 5.41) is 0.564. The number of aromatic nitrogens is 1. The molecule has 1 saturated heterocycles. The van der Waals surface area contributed by atoms with E-state index in [2.05, 4.69) is 9.88 Å². The van der Waals surface area contributed by atoms with Gasteiger partial charge >= 0.3 is 0 Å². The van der Waals surface area contributed by atoms with Crippen molar-refractivity contribution in [3.8, 4) is 0 Å². The highest BCUT2D eigenvalue weighted by Crippen LogP contribution is 2.35. The third kappa shape index (κ3) is 4.36. The van der Waals surface area contributed by atoms with Crippen LogP contribution >= 0.6 is 0 Å². The average molecular weight is 435 g/mol. The Bertz CT molecular complexity index is 1060. The Morgan fingerprint density at radius 3 is 2.81 bits per heavy atom.